The fraction of sp³-hybridized carbons (Fsp3) is 0.846. The molecule has 3 heteroatoms. The Kier molecular flexibility index (Phi) is 4.77. The molecule has 0 aromatic rings. The van der Waals surface area contributed by atoms with E-state index in [1.165, 1.54) is 0 Å². The second-order valence-corrected chi connectivity index (χ2v) is 10.9. The van der Waals surface area contributed by atoms with E-state index in [2.05, 4.69) is 46.0 Å². The number of allylic oxidation sites excluding steroid dienone is 1. The molecule has 1 unspecified atom stereocenters. The third-order valence-corrected chi connectivity index (χ3v) is 8.11. The van der Waals surface area contributed by atoms with Gasteiger partial charge in [0.05, 0.1) is 12.7 Å². The van der Waals surface area contributed by atoms with E-state index in [0.29, 0.717) is 6.61 Å². The van der Waals surface area contributed by atoms with Gasteiger partial charge in [0.1, 0.15) is 0 Å². The highest BCUT2D eigenvalue weighted by Gasteiger charge is 2.37. The van der Waals surface area contributed by atoms with E-state index >= 15 is 0 Å². The first-order chi connectivity index (χ1) is 7.33. The molecule has 0 saturated carbocycles. The Labute approximate surface area is 101 Å². The Balaban J connectivity index is 2.44. The molecule has 0 amide bonds. The minimum Gasteiger partial charge on any atom is -0.414 e. The van der Waals surface area contributed by atoms with Crippen LogP contribution in [0.2, 0.25) is 18.1 Å². The summed E-state index contributed by atoms with van der Waals surface area (Å²) >= 11 is 0. The fourth-order valence-corrected chi connectivity index (χ4v) is 2.36. The Hall–Kier alpha value is -0.123. The van der Waals surface area contributed by atoms with Gasteiger partial charge >= 0.3 is 0 Å². The lowest BCUT2D eigenvalue weighted by atomic mass is 10.2. The van der Waals surface area contributed by atoms with Gasteiger partial charge in [-0.15, -0.1) is 0 Å². The topological polar surface area (TPSA) is 18.5 Å². The van der Waals surface area contributed by atoms with Crippen molar-refractivity contribution >= 4 is 8.32 Å². The van der Waals surface area contributed by atoms with Gasteiger partial charge < -0.3 is 9.16 Å². The molecule has 16 heavy (non-hydrogen) atoms. The smallest absolute Gasteiger partial charge is 0.192 e. The molecule has 0 aromatic carbocycles. The second kappa shape index (κ2) is 5.47. The lowest BCUT2D eigenvalue weighted by Gasteiger charge is -2.36. The van der Waals surface area contributed by atoms with Gasteiger partial charge in [-0.05, 0) is 31.0 Å². The van der Waals surface area contributed by atoms with Gasteiger partial charge in [0, 0.05) is 6.61 Å². The van der Waals surface area contributed by atoms with Crippen LogP contribution in [-0.4, -0.2) is 27.6 Å². The van der Waals surface area contributed by atoms with E-state index in [0.717, 1.165) is 19.4 Å². The van der Waals surface area contributed by atoms with Crippen LogP contribution in [0.1, 0.15) is 33.6 Å². The van der Waals surface area contributed by atoms with Crippen molar-refractivity contribution in [1.82, 2.24) is 0 Å². The summed E-state index contributed by atoms with van der Waals surface area (Å²) in [6.45, 7) is 12.9. The molecule has 2 nitrogen and oxygen atoms in total. The SMILES string of the molecule is CC(C)(C)[Si](C)(C)OCC1C=CCCCO1. The van der Waals surface area contributed by atoms with Crippen LogP contribution in [0.25, 0.3) is 0 Å². The fourth-order valence-electron chi connectivity index (χ4n) is 1.35. The van der Waals surface area contributed by atoms with E-state index in [1.807, 2.05) is 0 Å². The van der Waals surface area contributed by atoms with Crippen LogP contribution in [0.4, 0.5) is 0 Å². The van der Waals surface area contributed by atoms with Crippen molar-refractivity contribution < 1.29 is 9.16 Å². The molecule has 1 aliphatic rings. The first-order valence-corrected chi connectivity index (χ1v) is 9.16. The van der Waals surface area contributed by atoms with Crippen molar-refractivity contribution in [2.45, 2.75) is 57.8 Å². The lowest BCUT2D eigenvalue weighted by molar-refractivity contribution is 0.0488. The largest absolute Gasteiger partial charge is 0.414 e. The van der Waals surface area contributed by atoms with Gasteiger partial charge in [0.25, 0.3) is 0 Å². The summed E-state index contributed by atoms with van der Waals surface area (Å²) < 4.78 is 11.9. The number of rotatable bonds is 3. The maximum atomic E-state index is 6.15. The predicted molar refractivity (Wildman–Crippen MR) is 71.3 cm³/mol. The molecule has 94 valence electrons. The normalized spacial score (nSPS) is 23.2. The third kappa shape index (κ3) is 4.04. The second-order valence-electron chi connectivity index (χ2n) is 6.05. The maximum absolute atomic E-state index is 6.15. The van der Waals surface area contributed by atoms with E-state index < -0.39 is 8.32 Å². The van der Waals surface area contributed by atoms with Crippen molar-refractivity contribution in [1.29, 1.82) is 0 Å². The molecule has 0 bridgehead atoms. The minimum absolute atomic E-state index is 0.164. The summed E-state index contributed by atoms with van der Waals surface area (Å²) in [5, 5.41) is 0.279. The molecule has 1 atom stereocenters. The average Bonchev–Trinajstić information content (AvgIpc) is 2.41. The predicted octanol–water partition coefficient (Wildman–Crippen LogP) is 3.74. The van der Waals surface area contributed by atoms with Crippen LogP contribution >= 0.6 is 0 Å². The van der Waals surface area contributed by atoms with Crippen molar-refractivity contribution in [3.8, 4) is 0 Å². The lowest BCUT2D eigenvalue weighted by Crippen LogP contribution is -2.42. The molecule has 1 aliphatic heterocycles. The molecule has 0 N–H and O–H groups in total. The molecule has 1 heterocycles. The third-order valence-electron chi connectivity index (χ3n) is 3.61. The van der Waals surface area contributed by atoms with Gasteiger partial charge in [-0.2, -0.15) is 0 Å². The summed E-state index contributed by atoms with van der Waals surface area (Å²) in [7, 11) is -1.62. The Morgan fingerprint density at radius 2 is 2.06 bits per heavy atom. The average molecular weight is 242 g/mol. The standard InChI is InChI=1S/C13H26O2Si/c1-13(2,3)16(4,5)15-11-12-9-7-6-8-10-14-12/h7,9,12H,6,8,10-11H2,1-5H3. The zero-order valence-electron chi connectivity index (χ0n) is 11.4. The van der Waals surface area contributed by atoms with Crippen LogP contribution < -0.4 is 0 Å². The molecule has 0 spiro atoms. The zero-order chi connectivity index (χ0) is 12.2. The Morgan fingerprint density at radius 3 is 2.69 bits per heavy atom. The molecule has 0 saturated heterocycles. The van der Waals surface area contributed by atoms with Crippen molar-refractivity contribution in [2.24, 2.45) is 0 Å². The van der Waals surface area contributed by atoms with Crippen molar-refractivity contribution in [3.63, 3.8) is 0 Å². The van der Waals surface area contributed by atoms with E-state index in [-0.39, 0.29) is 11.1 Å². The summed E-state index contributed by atoms with van der Waals surface area (Å²) in [6, 6.07) is 0. The van der Waals surface area contributed by atoms with Crippen molar-refractivity contribution in [2.75, 3.05) is 13.2 Å². The van der Waals surface area contributed by atoms with Crippen LogP contribution in [0.15, 0.2) is 12.2 Å². The van der Waals surface area contributed by atoms with Crippen LogP contribution in [0, 0.1) is 0 Å². The monoisotopic (exact) mass is 242 g/mol. The molecule has 0 fully saturated rings. The highest BCUT2D eigenvalue weighted by atomic mass is 28.4. The quantitative estimate of drug-likeness (QED) is 0.554. The highest BCUT2D eigenvalue weighted by molar-refractivity contribution is 6.74. The minimum atomic E-state index is -1.62. The van der Waals surface area contributed by atoms with Gasteiger partial charge in [0.15, 0.2) is 8.32 Å². The number of ether oxygens (including phenoxy) is 1. The number of hydrogen-bond acceptors (Lipinski definition) is 2. The molecular weight excluding hydrogens is 216 g/mol. The van der Waals surface area contributed by atoms with Gasteiger partial charge in [-0.3, -0.25) is 0 Å². The first-order valence-electron chi connectivity index (χ1n) is 6.25. The van der Waals surface area contributed by atoms with Crippen LogP contribution in [0.5, 0.6) is 0 Å². The van der Waals surface area contributed by atoms with Gasteiger partial charge in [-0.25, -0.2) is 0 Å². The zero-order valence-corrected chi connectivity index (χ0v) is 12.4. The van der Waals surface area contributed by atoms with Crippen LogP contribution in [0.3, 0.4) is 0 Å². The number of hydrogen-bond donors (Lipinski definition) is 0. The molecular formula is C13H26O2Si. The van der Waals surface area contributed by atoms with Crippen LogP contribution in [-0.2, 0) is 9.16 Å². The molecule has 0 aliphatic carbocycles. The summed E-state index contributed by atoms with van der Waals surface area (Å²) in [4.78, 5) is 0. The van der Waals surface area contributed by atoms with Gasteiger partial charge in [0.2, 0.25) is 0 Å². The maximum Gasteiger partial charge on any atom is 0.192 e. The Morgan fingerprint density at radius 1 is 1.38 bits per heavy atom. The Bertz CT molecular complexity index is 241. The summed E-state index contributed by atoms with van der Waals surface area (Å²) in [6.07, 6.45) is 6.80. The first kappa shape index (κ1) is 13.9. The van der Waals surface area contributed by atoms with Gasteiger partial charge in [-0.1, -0.05) is 32.9 Å². The summed E-state index contributed by atoms with van der Waals surface area (Å²) in [5.41, 5.74) is 0. The molecule has 0 aromatic heterocycles. The van der Waals surface area contributed by atoms with Crippen molar-refractivity contribution in [3.05, 3.63) is 12.2 Å². The van der Waals surface area contributed by atoms with E-state index in [9.17, 15) is 0 Å². The van der Waals surface area contributed by atoms with E-state index in [1.54, 1.807) is 0 Å². The van der Waals surface area contributed by atoms with E-state index in [4.69, 9.17) is 9.16 Å². The molecule has 1 rings (SSSR count). The molecule has 0 radical (unpaired) electrons. The summed E-state index contributed by atoms with van der Waals surface area (Å²) in [5.74, 6) is 0. The highest BCUT2D eigenvalue weighted by Crippen LogP contribution is 2.36.